The van der Waals surface area contributed by atoms with Crippen molar-refractivity contribution in [3.8, 4) is 0 Å². The quantitative estimate of drug-likeness (QED) is 0.566. The molecule has 2 aliphatic heterocycles. The second kappa shape index (κ2) is 9.69. The van der Waals surface area contributed by atoms with Crippen LogP contribution in [0.15, 0.2) is 18.2 Å². The Morgan fingerprint density at radius 1 is 1.19 bits per heavy atom. The van der Waals surface area contributed by atoms with Crippen molar-refractivity contribution in [1.29, 1.82) is 0 Å². The third-order valence-electron chi connectivity index (χ3n) is 5.66. The molecular weight excluding hydrogens is 465 g/mol. The molecule has 0 bridgehead atoms. The Hall–Kier alpha value is -2.28. The van der Waals surface area contributed by atoms with Crippen LogP contribution in [0.4, 0.5) is 10.1 Å². The molecule has 13 heteroatoms. The maximum Gasteiger partial charge on any atom is 0.280 e. The lowest BCUT2D eigenvalue weighted by Gasteiger charge is -2.37. The maximum atomic E-state index is 13.3. The summed E-state index contributed by atoms with van der Waals surface area (Å²) in [4.78, 5) is 38.6. The Labute approximate surface area is 190 Å². The number of rotatable bonds is 4. The average molecular weight is 490 g/mol. The summed E-state index contributed by atoms with van der Waals surface area (Å²) in [5.41, 5.74) is 0.198. The first-order valence-electron chi connectivity index (χ1n) is 10.0. The first-order chi connectivity index (χ1) is 15.0. The van der Waals surface area contributed by atoms with Gasteiger partial charge in [0.1, 0.15) is 17.9 Å². The summed E-state index contributed by atoms with van der Waals surface area (Å²) < 4.78 is 41.5. The number of benzene rings is 1. The van der Waals surface area contributed by atoms with E-state index in [2.05, 4.69) is 15.4 Å². The van der Waals surface area contributed by atoms with E-state index in [4.69, 9.17) is 11.6 Å². The molecule has 0 saturated carbocycles. The Morgan fingerprint density at radius 2 is 1.84 bits per heavy atom. The van der Waals surface area contributed by atoms with Crippen molar-refractivity contribution in [1.82, 2.24) is 19.2 Å². The van der Waals surface area contributed by atoms with Gasteiger partial charge >= 0.3 is 0 Å². The molecule has 176 valence electrons. The molecule has 2 heterocycles. The smallest absolute Gasteiger partial charge is 0.280 e. The van der Waals surface area contributed by atoms with Crippen LogP contribution in [0.2, 0.25) is 5.02 Å². The van der Waals surface area contributed by atoms with Gasteiger partial charge in [0.25, 0.3) is 10.2 Å². The molecule has 3 rings (SSSR count). The number of likely N-dealkylation sites (tertiary alicyclic amines) is 1. The summed E-state index contributed by atoms with van der Waals surface area (Å²) in [5, 5.41) is 5.13. The van der Waals surface area contributed by atoms with Crippen molar-refractivity contribution in [2.75, 3.05) is 25.5 Å². The topological polar surface area (TPSA) is 128 Å². The number of nitrogens with zero attached hydrogens (tertiary/aromatic N) is 2. The molecule has 1 aromatic rings. The predicted octanol–water partition coefficient (Wildman–Crippen LogP) is 0.452. The van der Waals surface area contributed by atoms with Gasteiger partial charge in [-0.2, -0.15) is 17.4 Å². The van der Waals surface area contributed by atoms with Crippen molar-refractivity contribution in [2.24, 2.45) is 0 Å². The van der Waals surface area contributed by atoms with Crippen molar-refractivity contribution < 1.29 is 27.2 Å². The highest BCUT2D eigenvalue weighted by atomic mass is 35.5. The van der Waals surface area contributed by atoms with Gasteiger partial charge in [0.05, 0.1) is 5.02 Å². The monoisotopic (exact) mass is 489 g/mol. The van der Waals surface area contributed by atoms with Crippen LogP contribution < -0.4 is 15.4 Å². The van der Waals surface area contributed by atoms with Crippen LogP contribution in [0.5, 0.6) is 0 Å². The summed E-state index contributed by atoms with van der Waals surface area (Å²) >= 11 is 5.72. The van der Waals surface area contributed by atoms with E-state index >= 15 is 0 Å². The fourth-order valence-electron chi connectivity index (χ4n) is 3.72. The molecule has 0 aliphatic carbocycles. The van der Waals surface area contributed by atoms with Gasteiger partial charge in [-0.1, -0.05) is 11.6 Å². The predicted molar refractivity (Wildman–Crippen MR) is 115 cm³/mol. The lowest BCUT2D eigenvalue weighted by atomic mass is 10.0. The van der Waals surface area contributed by atoms with E-state index in [1.54, 1.807) is 4.90 Å². The van der Waals surface area contributed by atoms with Crippen molar-refractivity contribution in [3.05, 3.63) is 29.0 Å². The van der Waals surface area contributed by atoms with Gasteiger partial charge in [-0.05, 0) is 37.5 Å². The van der Waals surface area contributed by atoms with Crippen LogP contribution in [-0.2, 0) is 24.6 Å². The highest BCUT2D eigenvalue weighted by Crippen LogP contribution is 2.22. The second-order valence-electron chi connectivity index (χ2n) is 7.85. The van der Waals surface area contributed by atoms with Gasteiger partial charge in [-0.15, -0.1) is 0 Å². The zero-order valence-electron chi connectivity index (χ0n) is 17.6. The minimum absolute atomic E-state index is 0.0332. The number of anilines is 1. The van der Waals surface area contributed by atoms with Gasteiger partial charge in [-0.3, -0.25) is 14.4 Å². The Balaban J connectivity index is 1.66. The maximum absolute atomic E-state index is 13.3. The number of piperidine rings is 1. The number of carbonyl (C=O) groups is 3. The summed E-state index contributed by atoms with van der Waals surface area (Å²) in [5.74, 6) is -1.90. The molecule has 0 radical (unpaired) electrons. The van der Waals surface area contributed by atoms with Gasteiger partial charge in [0.2, 0.25) is 17.7 Å². The molecule has 2 atom stereocenters. The zero-order chi connectivity index (χ0) is 23.6. The Bertz CT molecular complexity index is 1020. The number of hydrogen-bond acceptors (Lipinski definition) is 5. The molecule has 0 aromatic heterocycles. The number of likely N-dealkylation sites (N-methyl/N-ethyl adjacent to an activating group) is 1. The zero-order valence-corrected chi connectivity index (χ0v) is 19.2. The van der Waals surface area contributed by atoms with E-state index in [9.17, 15) is 27.2 Å². The molecule has 32 heavy (non-hydrogen) atoms. The fourth-order valence-corrected chi connectivity index (χ4v) is 5.15. The molecule has 3 amide bonds. The minimum atomic E-state index is -4.10. The minimum Gasteiger partial charge on any atom is -0.352 e. The van der Waals surface area contributed by atoms with Gasteiger partial charge in [-0.25, -0.2) is 4.39 Å². The Morgan fingerprint density at radius 3 is 2.44 bits per heavy atom. The number of halogens is 2. The fraction of sp³-hybridized carbons (Fsp3) is 0.526. The van der Waals surface area contributed by atoms with E-state index in [-0.39, 0.29) is 29.1 Å². The molecule has 10 nitrogen and oxygen atoms in total. The normalized spacial score (nSPS) is 24.1. The van der Waals surface area contributed by atoms with E-state index in [0.29, 0.717) is 25.9 Å². The van der Waals surface area contributed by atoms with Crippen molar-refractivity contribution in [2.45, 2.75) is 44.3 Å². The molecule has 2 saturated heterocycles. The number of nitrogens with one attached hydrogen (secondary N) is 3. The average Bonchev–Trinajstić information content (AvgIpc) is 2.72. The van der Waals surface area contributed by atoms with Crippen LogP contribution in [0.1, 0.15) is 26.2 Å². The summed E-state index contributed by atoms with van der Waals surface area (Å²) in [6.45, 7) is 2.49. The van der Waals surface area contributed by atoms with Crippen LogP contribution in [0, 0.1) is 5.82 Å². The summed E-state index contributed by atoms with van der Waals surface area (Å²) in [7, 11) is -2.86. The highest BCUT2D eigenvalue weighted by Gasteiger charge is 2.43. The molecular formula is C19H25ClFN5O5S. The highest BCUT2D eigenvalue weighted by molar-refractivity contribution is 7.87. The lowest BCUT2D eigenvalue weighted by molar-refractivity contribution is -0.130. The van der Waals surface area contributed by atoms with E-state index < -0.39 is 39.9 Å². The van der Waals surface area contributed by atoms with E-state index in [0.717, 1.165) is 10.4 Å². The standard InChI is InChI=1S/C19H25ClFN5O5S/c1-11(27)26-7-5-12(6-8-26)22-18(28)16-10-17(25(2)32(30,31)24-16)19(29)23-13-3-4-15(21)14(20)9-13/h3-4,9,12,16-17,24H,5-8,10H2,1-2H3,(H,22,28)(H,23,29). The number of carbonyl (C=O) groups excluding carboxylic acids is 3. The largest absolute Gasteiger partial charge is 0.352 e. The molecule has 2 unspecified atom stereocenters. The van der Waals surface area contributed by atoms with Gasteiger partial charge in [0, 0.05) is 38.8 Å². The first-order valence-corrected chi connectivity index (χ1v) is 11.9. The molecule has 0 spiro atoms. The third-order valence-corrected chi connectivity index (χ3v) is 7.55. The molecule has 3 N–H and O–H groups in total. The number of amides is 3. The van der Waals surface area contributed by atoms with E-state index in [1.807, 2.05) is 0 Å². The number of hydrogen-bond donors (Lipinski definition) is 3. The van der Waals surface area contributed by atoms with Crippen molar-refractivity contribution in [3.63, 3.8) is 0 Å². The SMILES string of the molecule is CC(=O)N1CCC(NC(=O)C2CC(C(=O)Nc3ccc(F)c(Cl)c3)N(C)S(=O)(=O)N2)CC1. The summed E-state index contributed by atoms with van der Waals surface area (Å²) in [6.07, 6.45) is 1.01. The molecule has 2 aliphatic rings. The molecule has 1 aromatic carbocycles. The van der Waals surface area contributed by atoms with Crippen LogP contribution >= 0.6 is 11.6 Å². The summed E-state index contributed by atoms with van der Waals surface area (Å²) in [6, 6.07) is 1.08. The van der Waals surface area contributed by atoms with E-state index in [1.165, 1.54) is 26.1 Å². The van der Waals surface area contributed by atoms with Crippen LogP contribution in [-0.4, -0.2) is 73.6 Å². The van der Waals surface area contributed by atoms with Crippen LogP contribution in [0.3, 0.4) is 0 Å². The Kier molecular flexibility index (Phi) is 7.38. The van der Waals surface area contributed by atoms with Gasteiger partial charge < -0.3 is 15.5 Å². The van der Waals surface area contributed by atoms with Crippen molar-refractivity contribution >= 4 is 45.2 Å². The van der Waals surface area contributed by atoms with Crippen LogP contribution in [0.25, 0.3) is 0 Å². The second-order valence-corrected chi connectivity index (χ2v) is 10.0. The molecule has 2 fully saturated rings. The van der Waals surface area contributed by atoms with Gasteiger partial charge in [0.15, 0.2) is 0 Å². The lowest BCUT2D eigenvalue weighted by Crippen LogP contribution is -2.63. The third kappa shape index (κ3) is 5.55. The first kappa shape index (κ1) is 24.4.